The zero-order chi connectivity index (χ0) is 6.97. The van der Waals surface area contributed by atoms with Gasteiger partial charge in [-0.2, -0.15) is 0 Å². The molecule has 1 N–H and O–H groups in total. The van der Waals surface area contributed by atoms with E-state index in [2.05, 4.69) is 0 Å². The maximum atomic E-state index is 9.17. The lowest BCUT2D eigenvalue weighted by molar-refractivity contribution is 0.179. The summed E-state index contributed by atoms with van der Waals surface area (Å²) >= 11 is 1.65. The van der Waals surface area contributed by atoms with Crippen LogP contribution in [-0.4, -0.2) is 16.2 Å². The van der Waals surface area contributed by atoms with Crippen molar-refractivity contribution >= 4 is 19.0 Å². The van der Waals surface area contributed by atoms with Crippen LogP contribution in [0.2, 0.25) is 0 Å². The van der Waals surface area contributed by atoms with E-state index < -0.39 is 7.58 Å². The molecule has 3 atom stereocenters. The average Bonchev–Trinajstić information content (AvgIpc) is 2.27. The van der Waals surface area contributed by atoms with Crippen molar-refractivity contribution in [2.24, 2.45) is 0 Å². The molecule has 0 spiro atoms. The summed E-state index contributed by atoms with van der Waals surface area (Å²) < 4.78 is 5.35. The van der Waals surface area contributed by atoms with Crippen molar-refractivity contribution in [2.75, 3.05) is 0 Å². The lowest BCUT2D eigenvalue weighted by Crippen LogP contribution is -2.23. The van der Waals surface area contributed by atoms with E-state index in [1.54, 1.807) is 11.4 Å². The molecule has 1 saturated carbocycles. The third-order valence-electron chi connectivity index (χ3n) is 2.09. The SMILES string of the molecule is OP1OC2CCCC[C@H]2S1. The Labute approximate surface area is 66.0 Å². The Morgan fingerprint density at radius 3 is 3.00 bits per heavy atom. The molecule has 1 aliphatic heterocycles. The van der Waals surface area contributed by atoms with Gasteiger partial charge in [0, 0.05) is 5.25 Å². The van der Waals surface area contributed by atoms with E-state index in [4.69, 9.17) is 9.42 Å². The van der Waals surface area contributed by atoms with Crippen molar-refractivity contribution in [3.8, 4) is 0 Å². The maximum Gasteiger partial charge on any atom is 0.235 e. The summed E-state index contributed by atoms with van der Waals surface area (Å²) in [7, 11) is -1.10. The molecule has 10 heavy (non-hydrogen) atoms. The van der Waals surface area contributed by atoms with Gasteiger partial charge in [0.25, 0.3) is 0 Å². The standard InChI is InChI=1S/C6H11O2PS/c7-9-8-5-3-1-2-4-6(5)10-9/h5-7H,1-4H2/t5?,6-,9?/m1/s1. The van der Waals surface area contributed by atoms with Crippen LogP contribution in [0.4, 0.5) is 0 Å². The predicted molar refractivity (Wildman–Crippen MR) is 43.9 cm³/mol. The third-order valence-corrected chi connectivity index (χ3v) is 5.15. The molecule has 4 heteroatoms. The average molecular weight is 178 g/mol. The summed E-state index contributed by atoms with van der Waals surface area (Å²) in [6.45, 7) is 0. The molecule has 0 aromatic rings. The lowest BCUT2D eigenvalue weighted by Gasteiger charge is -2.21. The van der Waals surface area contributed by atoms with Crippen molar-refractivity contribution in [2.45, 2.75) is 37.0 Å². The topological polar surface area (TPSA) is 29.5 Å². The van der Waals surface area contributed by atoms with Crippen LogP contribution >= 0.6 is 19.0 Å². The van der Waals surface area contributed by atoms with Crippen LogP contribution in [-0.2, 0) is 4.52 Å². The number of hydrogen-bond acceptors (Lipinski definition) is 3. The fourth-order valence-electron chi connectivity index (χ4n) is 1.56. The van der Waals surface area contributed by atoms with Crippen LogP contribution in [0.1, 0.15) is 25.7 Å². The quantitative estimate of drug-likeness (QED) is 0.577. The molecule has 1 heterocycles. The van der Waals surface area contributed by atoms with E-state index in [-0.39, 0.29) is 0 Å². The number of hydrogen-bond donors (Lipinski definition) is 1. The molecule has 0 bridgehead atoms. The van der Waals surface area contributed by atoms with Gasteiger partial charge in [-0.05, 0) is 12.8 Å². The van der Waals surface area contributed by atoms with Crippen molar-refractivity contribution in [3.05, 3.63) is 0 Å². The minimum Gasteiger partial charge on any atom is -0.342 e. The minimum atomic E-state index is -1.10. The number of rotatable bonds is 0. The Hall–Kier alpha value is 0.700. The van der Waals surface area contributed by atoms with Crippen LogP contribution in [0.25, 0.3) is 0 Å². The van der Waals surface area contributed by atoms with Crippen LogP contribution in [0.5, 0.6) is 0 Å². The molecule has 0 aromatic carbocycles. The predicted octanol–water partition coefficient (Wildman–Crippen LogP) is 2.28. The Balaban J connectivity index is 1.97. The summed E-state index contributed by atoms with van der Waals surface area (Å²) in [6.07, 6.45) is 5.40. The second-order valence-corrected chi connectivity index (χ2v) is 5.88. The van der Waals surface area contributed by atoms with Crippen LogP contribution in [0, 0.1) is 0 Å². The fraction of sp³-hybridized carbons (Fsp3) is 1.00. The molecule has 0 radical (unpaired) electrons. The third kappa shape index (κ3) is 1.33. The van der Waals surface area contributed by atoms with Gasteiger partial charge in [0.15, 0.2) is 0 Å². The highest BCUT2D eigenvalue weighted by atomic mass is 32.7. The van der Waals surface area contributed by atoms with Crippen LogP contribution in [0.15, 0.2) is 0 Å². The molecule has 58 valence electrons. The van der Waals surface area contributed by atoms with Crippen molar-refractivity contribution in [1.29, 1.82) is 0 Å². The van der Waals surface area contributed by atoms with E-state index >= 15 is 0 Å². The molecule has 0 aromatic heterocycles. The molecule has 2 nitrogen and oxygen atoms in total. The summed E-state index contributed by atoms with van der Waals surface area (Å²) in [5, 5.41) is 0.616. The highest BCUT2D eigenvalue weighted by Crippen LogP contribution is 2.60. The minimum absolute atomic E-state index is 0.384. The first-order valence-electron chi connectivity index (χ1n) is 3.69. The molecule has 2 rings (SSSR count). The highest BCUT2D eigenvalue weighted by Gasteiger charge is 2.37. The summed E-state index contributed by atoms with van der Waals surface area (Å²) in [5.41, 5.74) is 0. The number of fused-ring (bicyclic) bond motifs is 1. The monoisotopic (exact) mass is 178 g/mol. The first-order chi connectivity index (χ1) is 4.86. The van der Waals surface area contributed by atoms with Gasteiger partial charge >= 0.3 is 0 Å². The van der Waals surface area contributed by atoms with Crippen LogP contribution < -0.4 is 0 Å². The molecule has 2 aliphatic rings. The molecule has 1 saturated heterocycles. The fourth-order valence-corrected chi connectivity index (χ4v) is 4.91. The van der Waals surface area contributed by atoms with Gasteiger partial charge in [0.2, 0.25) is 7.58 Å². The molecular weight excluding hydrogens is 167 g/mol. The van der Waals surface area contributed by atoms with E-state index in [0.29, 0.717) is 11.4 Å². The summed E-state index contributed by atoms with van der Waals surface area (Å²) in [6, 6.07) is 0. The largest absolute Gasteiger partial charge is 0.342 e. The summed E-state index contributed by atoms with van der Waals surface area (Å²) in [4.78, 5) is 9.17. The van der Waals surface area contributed by atoms with E-state index in [1.807, 2.05) is 0 Å². The van der Waals surface area contributed by atoms with E-state index in [1.165, 1.54) is 19.3 Å². The van der Waals surface area contributed by atoms with Crippen molar-refractivity contribution in [3.63, 3.8) is 0 Å². The van der Waals surface area contributed by atoms with Gasteiger partial charge in [0.05, 0.1) is 6.10 Å². The zero-order valence-corrected chi connectivity index (χ0v) is 7.40. The van der Waals surface area contributed by atoms with Gasteiger partial charge in [-0.15, -0.1) is 0 Å². The zero-order valence-electron chi connectivity index (χ0n) is 5.69. The molecule has 2 fully saturated rings. The smallest absolute Gasteiger partial charge is 0.235 e. The second-order valence-electron chi connectivity index (χ2n) is 2.81. The van der Waals surface area contributed by atoms with Gasteiger partial charge in [-0.3, -0.25) is 0 Å². The van der Waals surface area contributed by atoms with E-state index in [9.17, 15) is 0 Å². The van der Waals surface area contributed by atoms with Gasteiger partial charge in [-0.1, -0.05) is 24.2 Å². The Morgan fingerprint density at radius 1 is 1.40 bits per heavy atom. The van der Waals surface area contributed by atoms with Gasteiger partial charge in [-0.25, -0.2) is 0 Å². The first kappa shape index (κ1) is 7.35. The maximum absolute atomic E-state index is 9.17. The van der Waals surface area contributed by atoms with Crippen LogP contribution in [0.3, 0.4) is 0 Å². The molecular formula is C6H11O2PS. The van der Waals surface area contributed by atoms with E-state index in [0.717, 1.165) is 6.42 Å². The Morgan fingerprint density at radius 2 is 2.20 bits per heavy atom. The van der Waals surface area contributed by atoms with Crippen molar-refractivity contribution in [1.82, 2.24) is 0 Å². The molecule has 0 amide bonds. The highest BCUT2D eigenvalue weighted by molar-refractivity contribution is 8.53. The normalized spacial score (nSPS) is 47.1. The second kappa shape index (κ2) is 2.98. The Kier molecular flexibility index (Phi) is 2.19. The Bertz CT molecular complexity index is 119. The van der Waals surface area contributed by atoms with Gasteiger partial charge < -0.3 is 9.42 Å². The lowest BCUT2D eigenvalue weighted by atomic mass is 9.97. The van der Waals surface area contributed by atoms with Gasteiger partial charge in [0.1, 0.15) is 0 Å². The molecule has 1 aliphatic carbocycles. The first-order valence-corrected chi connectivity index (χ1v) is 6.38. The van der Waals surface area contributed by atoms with Crippen molar-refractivity contribution < 1.29 is 9.42 Å². The summed E-state index contributed by atoms with van der Waals surface area (Å²) in [5.74, 6) is 0. The molecule has 2 unspecified atom stereocenters.